The highest BCUT2D eigenvalue weighted by Gasteiger charge is 2.21. The third-order valence-corrected chi connectivity index (χ3v) is 3.57. The second-order valence-electron chi connectivity index (χ2n) is 4.78. The lowest BCUT2D eigenvalue weighted by atomic mass is 10.1. The Morgan fingerprint density at radius 2 is 2.00 bits per heavy atom. The maximum absolute atomic E-state index is 8.97. The molecule has 0 aliphatic heterocycles. The van der Waals surface area contributed by atoms with Gasteiger partial charge in [-0.3, -0.25) is 4.98 Å². The van der Waals surface area contributed by atoms with Crippen LogP contribution in [0.1, 0.15) is 23.1 Å². The summed E-state index contributed by atoms with van der Waals surface area (Å²) in [6, 6.07) is 9.89. The van der Waals surface area contributed by atoms with Crippen LogP contribution in [-0.4, -0.2) is 22.5 Å². The van der Waals surface area contributed by atoms with Crippen molar-refractivity contribution in [1.82, 2.24) is 4.98 Å². The van der Waals surface area contributed by atoms with Gasteiger partial charge in [0.15, 0.2) is 0 Å². The van der Waals surface area contributed by atoms with Crippen LogP contribution >= 0.6 is 0 Å². The first kappa shape index (κ1) is 12.7. The molecule has 4 nitrogen and oxygen atoms in total. The van der Waals surface area contributed by atoms with Crippen molar-refractivity contribution in [3.63, 3.8) is 0 Å². The molecule has 0 bridgehead atoms. The van der Waals surface area contributed by atoms with Crippen molar-refractivity contribution in [2.45, 2.75) is 19.3 Å². The largest absolute Gasteiger partial charge is 0.493 e. The van der Waals surface area contributed by atoms with Crippen LogP contribution in [0, 0.1) is 0 Å². The molecule has 1 heterocycles. The molecule has 3 rings (SSSR count). The summed E-state index contributed by atoms with van der Waals surface area (Å²) >= 11 is 0. The van der Waals surface area contributed by atoms with Crippen molar-refractivity contribution >= 4 is 5.71 Å². The highest BCUT2D eigenvalue weighted by Crippen LogP contribution is 2.30. The second-order valence-corrected chi connectivity index (χ2v) is 4.78. The lowest BCUT2D eigenvalue weighted by Crippen LogP contribution is -2.03. The van der Waals surface area contributed by atoms with E-state index < -0.39 is 0 Å². The van der Waals surface area contributed by atoms with Gasteiger partial charge in [0.05, 0.1) is 12.3 Å². The van der Waals surface area contributed by atoms with Crippen molar-refractivity contribution in [2.24, 2.45) is 5.16 Å². The Morgan fingerprint density at radius 1 is 1.15 bits per heavy atom. The van der Waals surface area contributed by atoms with Crippen LogP contribution in [0.15, 0.2) is 47.9 Å². The van der Waals surface area contributed by atoms with E-state index in [0.29, 0.717) is 6.61 Å². The summed E-state index contributed by atoms with van der Waals surface area (Å²) in [6.45, 7) is 0.631. The highest BCUT2D eigenvalue weighted by molar-refractivity contribution is 6.04. The van der Waals surface area contributed by atoms with E-state index in [1.807, 2.05) is 30.3 Å². The smallest absolute Gasteiger partial charge is 0.123 e. The van der Waals surface area contributed by atoms with E-state index >= 15 is 0 Å². The van der Waals surface area contributed by atoms with Gasteiger partial charge >= 0.3 is 0 Å². The number of pyridine rings is 1. The molecule has 0 amide bonds. The summed E-state index contributed by atoms with van der Waals surface area (Å²) in [7, 11) is 0. The molecule has 102 valence electrons. The number of benzene rings is 1. The Labute approximate surface area is 117 Å². The number of hydrogen-bond donors (Lipinski definition) is 1. The van der Waals surface area contributed by atoms with Gasteiger partial charge in [-0.1, -0.05) is 17.3 Å². The van der Waals surface area contributed by atoms with Gasteiger partial charge in [0, 0.05) is 29.9 Å². The number of nitrogens with zero attached hydrogens (tertiary/aromatic N) is 2. The van der Waals surface area contributed by atoms with E-state index in [-0.39, 0.29) is 0 Å². The average Bonchev–Trinajstić information content (AvgIpc) is 2.92. The molecule has 2 aromatic rings. The average molecular weight is 268 g/mol. The monoisotopic (exact) mass is 268 g/mol. The Balaban J connectivity index is 1.69. The fourth-order valence-corrected chi connectivity index (χ4v) is 2.54. The maximum atomic E-state index is 8.97. The molecule has 0 atom stereocenters. The molecule has 0 spiro atoms. The minimum Gasteiger partial charge on any atom is -0.493 e. The molecular weight excluding hydrogens is 252 g/mol. The molecule has 1 aliphatic carbocycles. The fraction of sp³-hybridized carbons (Fsp3) is 0.250. The minimum atomic E-state index is 0.631. The van der Waals surface area contributed by atoms with Crippen LogP contribution in [0.3, 0.4) is 0 Å². The molecule has 0 radical (unpaired) electrons. The summed E-state index contributed by atoms with van der Waals surface area (Å²) in [5.74, 6) is 0.898. The number of aromatic nitrogens is 1. The molecule has 0 fully saturated rings. The van der Waals surface area contributed by atoms with Crippen LogP contribution in [0.2, 0.25) is 0 Å². The molecular formula is C16H16N2O2. The zero-order chi connectivity index (χ0) is 13.8. The third-order valence-electron chi connectivity index (χ3n) is 3.57. The Morgan fingerprint density at radius 3 is 2.80 bits per heavy atom. The molecule has 1 aromatic carbocycles. The van der Waals surface area contributed by atoms with E-state index in [2.05, 4.69) is 10.1 Å². The molecule has 1 aliphatic rings. The third kappa shape index (κ3) is 2.50. The topological polar surface area (TPSA) is 54.7 Å². The molecule has 1 N–H and O–H groups in total. The Kier molecular flexibility index (Phi) is 3.63. The molecule has 0 saturated heterocycles. The number of rotatable bonds is 4. The molecule has 4 heteroatoms. The summed E-state index contributed by atoms with van der Waals surface area (Å²) < 4.78 is 5.89. The maximum Gasteiger partial charge on any atom is 0.123 e. The van der Waals surface area contributed by atoms with E-state index in [1.165, 1.54) is 5.56 Å². The fourth-order valence-electron chi connectivity index (χ4n) is 2.54. The van der Waals surface area contributed by atoms with Crippen LogP contribution in [0.5, 0.6) is 5.75 Å². The standard InChI is InChI=1S/C16H16N2O2/c19-18-15-5-4-14-13(15)2-1-3-16(14)20-11-8-12-6-9-17-10-7-12/h1-3,6-7,9-10,19H,4-5,8,11H2. The van der Waals surface area contributed by atoms with Crippen LogP contribution in [0.4, 0.5) is 0 Å². The molecule has 1 aromatic heterocycles. The summed E-state index contributed by atoms with van der Waals surface area (Å²) in [5.41, 5.74) is 4.12. The van der Waals surface area contributed by atoms with Gasteiger partial charge in [-0.15, -0.1) is 0 Å². The minimum absolute atomic E-state index is 0.631. The summed E-state index contributed by atoms with van der Waals surface area (Å²) in [5, 5.41) is 12.3. The first-order valence-corrected chi connectivity index (χ1v) is 6.73. The SMILES string of the molecule is ON=C1CCc2c(OCCc3ccncc3)cccc21. The molecule has 20 heavy (non-hydrogen) atoms. The van der Waals surface area contributed by atoms with Gasteiger partial charge in [-0.05, 0) is 36.6 Å². The van der Waals surface area contributed by atoms with Gasteiger partial charge < -0.3 is 9.94 Å². The lowest BCUT2D eigenvalue weighted by Gasteiger charge is -2.10. The number of oxime groups is 1. The van der Waals surface area contributed by atoms with E-state index in [9.17, 15) is 0 Å². The molecule has 0 unspecified atom stereocenters. The van der Waals surface area contributed by atoms with Gasteiger partial charge in [-0.2, -0.15) is 0 Å². The van der Waals surface area contributed by atoms with Gasteiger partial charge in [-0.25, -0.2) is 0 Å². The predicted octanol–water partition coefficient (Wildman–Crippen LogP) is 2.83. The van der Waals surface area contributed by atoms with Crippen LogP contribution in [-0.2, 0) is 12.8 Å². The predicted molar refractivity (Wildman–Crippen MR) is 76.5 cm³/mol. The van der Waals surface area contributed by atoms with Crippen molar-refractivity contribution < 1.29 is 9.94 Å². The Hall–Kier alpha value is -2.36. The second kappa shape index (κ2) is 5.74. The number of ether oxygens (including phenoxy) is 1. The number of fused-ring (bicyclic) bond motifs is 1. The van der Waals surface area contributed by atoms with Crippen LogP contribution < -0.4 is 4.74 Å². The quantitative estimate of drug-likeness (QED) is 0.685. The van der Waals surface area contributed by atoms with E-state index in [0.717, 1.165) is 41.9 Å². The van der Waals surface area contributed by atoms with Crippen molar-refractivity contribution in [2.75, 3.05) is 6.61 Å². The first-order chi connectivity index (χ1) is 9.88. The van der Waals surface area contributed by atoms with E-state index in [1.54, 1.807) is 12.4 Å². The van der Waals surface area contributed by atoms with Crippen molar-refractivity contribution in [3.8, 4) is 5.75 Å². The lowest BCUT2D eigenvalue weighted by molar-refractivity contribution is 0.318. The zero-order valence-electron chi connectivity index (χ0n) is 11.1. The van der Waals surface area contributed by atoms with Gasteiger partial charge in [0.25, 0.3) is 0 Å². The van der Waals surface area contributed by atoms with Crippen LogP contribution in [0.25, 0.3) is 0 Å². The summed E-state index contributed by atoms with van der Waals surface area (Å²) in [4.78, 5) is 4.00. The highest BCUT2D eigenvalue weighted by atomic mass is 16.5. The van der Waals surface area contributed by atoms with Gasteiger partial charge in [0.2, 0.25) is 0 Å². The normalized spacial score (nSPS) is 15.3. The zero-order valence-corrected chi connectivity index (χ0v) is 11.1. The summed E-state index contributed by atoms with van der Waals surface area (Å²) in [6.07, 6.45) is 6.09. The Bertz CT molecular complexity index is 624. The molecule has 0 saturated carbocycles. The van der Waals surface area contributed by atoms with E-state index in [4.69, 9.17) is 9.94 Å². The van der Waals surface area contributed by atoms with Gasteiger partial charge in [0.1, 0.15) is 5.75 Å². The number of hydrogen-bond acceptors (Lipinski definition) is 4. The first-order valence-electron chi connectivity index (χ1n) is 6.73. The van der Waals surface area contributed by atoms with Crippen molar-refractivity contribution in [3.05, 3.63) is 59.4 Å². The van der Waals surface area contributed by atoms with Crippen molar-refractivity contribution in [1.29, 1.82) is 0 Å².